The predicted molar refractivity (Wildman–Crippen MR) is 57.7 cm³/mol. The van der Waals surface area contributed by atoms with Crippen LogP contribution in [-0.2, 0) is 11.8 Å². The monoisotopic (exact) mass is 209 g/mol. The van der Waals surface area contributed by atoms with Gasteiger partial charge in [-0.3, -0.25) is 0 Å². The summed E-state index contributed by atoms with van der Waals surface area (Å²) in [6, 6.07) is 0.745. The molecular weight excluding hydrogens is 190 g/mol. The second-order valence-electron chi connectivity index (χ2n) is 5.23. The molecule has 1 aliphatic carbocycles. The first kappa shape index (κ1) is 10.6. The zero-order valence-corrected chi connectivity index (χ0v) is 9.71. The zero-order valence-electron chi connectivity index (χ0n) is 9.71. The van der Waals surface area contributed by atoms with Crippen molar-refractivity contribution in [3.8, 4) is 0 Å². The molecule has 0 atom stereocenters. The highest BCUT2D eigenvalue weighted by Crippen LogP contribution is 2.21. The molecule has 1 fully saturated rings. The summed E-state index contributed by atoms with van der Waals surface area (Å²) in [5.74, 6) is 1.47. The molecule has 0 bridgehead atoms. The Balaban J connectivity index is 1.83. The van der Waals surface area contributed by atoms with Gasteiger partial charge in [-0.1, -0.05) is 20.8 Å². The lowest BCUT2D eigenvalue weighted by Gasteiger charge is -2.10. The minimum atomic E-state index is -0.0465. The predicted octanol–water partition coefficient (Wildman–Crippen LogP) is 1.66. The second-order valence-corrected chi connectivity index (χ2v) is 5.23. The largest absolute Gasteiger partial charge is 0.425 e. The summed E-state index contributed by atoms with van der Waals surface area (Å²) in [5.41, 5.74) is -0.0465. The van der Waals surface area contributed by atoms with Crippen LogP contribution in [0.15, 0.2) is 4.42 Å². The van der Waals surface area contributed by atoms with E-state index in [4.69, 9.17) is 4.42 Å². The van der Waals surface area contributed by atoms with Crippen LogP contribution in [0.4, 0.5) is 0 Å². The molecule has 0 saturated heterocycles. The minimum absolute atomic E-state index is 0.0465. The van der Waals surface area contributed by atoms with E-state index in [1.807, 2.05) is 0 Å². The standard InChI is InChI=1S/C11H19N3O/c1-11(2,3)10-14-13-9(15-10)6-7-12-8-4-5-8/h8,12H,4-7H2,1-3H3. The zero-order chi connectivity index (χ0) is 10.9. The van der Waals surface area contributed by atoms with E-state index in [1.165, 1.54) is 12.8 Å². The van der Waals surface area contributed by atoms with Crippen LogP contribution in [0.5, 0.6) is 0 Å². The van der Waals surface area contributed by atoms with Crippen LogP contribution in [0.25, 0.3) is 0 Å². The van der Waals surface area contributed by atoms with Gasteiger partial charge in [0.2, 0.25) is 11.8 Å². The molecule has 1 heterocycles. The molecule has 1 saturated carbocycles. The fourth-order valence-electron chi connectivity index (χ4n) is 1.33. The number of hydrogen-bond donors (Lipinski definition) is 1. The van der Waals surface area contributed by atoms with Crippen molar-refractivity contribution in [3.63, 3.8) is 0 Å². The first-order chi connectivity index (χ1) is 7.05. The van der Waals surface area contributed by atoms with Crippen LogP contribution in [0.3, 0.4) is 0 Å². The van der Waals surface area contributed by atoms with Crippen molar-refractivity contribution in [2.45, 2.75) is 51.5 Å². The molecule has 0 unspecified atom stereocenters. The summed E-state index contributed by atoms with van der Waals surface area (Å²) >= 11 is 0. The van der Waals surface area contributed by atoms with Gasteiger partial charge in [0.25, 0.3) is 0 Å². The van der Waals surface area contributed by atoms with Crippen molar-refractivity contribution in [1.82, 2.24) is 15.5 Å². The van der Waals surface area contributed by atoms with Crippen LogP contribution in [0.1, 0.15) is 45.4 Å². The molecule has 4 nitrogen and oxygen atoms in total. The number of nitrogens with zero attached hydrogens (tertiary/aromatic N) is 2. The molecule has 1 aromatic rings. The molecule has 0 aliphatic heterocycles. The van der Waals surface area contributed by atoms with Gasteiger partial charge in [0.1, 0.15) is 0 Å². The Kier molecular flexibility index (Phi) is 2.78. The average Bonchev–Trinajstić information content (AvgIpc) is 2.80. The maximum Gasteiger partial charge on any atom is 0.221 e. The summed E-state index contributed by atoms with van der Waals surface area (Å²) < 4.78 is 5.59. The van der Waals surface area contributed by atoms with Gasteiger partial charge in [0.15, 0.2) is 0 Å². The normalized spacial score (nSPS) is 17.0. The van der Waals surface area contributed by atoms with Gasteiger partial charge in [0, 0.05) is 24.4 Å². The third-order valence-electron chi connectivity index (χ3n) is 2.46. The molecule has 15 heavy (non-hydrogen) atoms. The number of aromatic nitrogens is 2. The first-order valence-corrected chi connectivity index (χ1v) is 5.62. The Morgan fingerprint density at radius 2 is 2.07 bits per heavy atom. The lowest BCUT2D eigenvalue weighted by molar-refractivity contribution is 0.369. The molecule has 1 aliphatic rings. The van der Waals surface area contributed by atoms with Crippen LogP contribution in [0.2, 0.25) is 0 Å². The van der Waals surface area contributed by atoms with Gasteiger partial charge in [-0.15, -0.1) is 10.2 Å². The topological polar surface area (TPSA) is 51.0 Å². The SMILES string of the molecule is CC(C)(C)c1nnc(CCNC2CC2)o1. The molecule has 1 N–H and O–H groups in total. The van der Waals surface area contributed by atoms with E-state index in [0.717, 1.165) is 30.8 Å². The van der Waals surface area contributed by atoms with Gasteiger partial charge in [-0.2, -0.15) is 0 Å². The van der Waals surface area contributed by atoms with Gasteiger partial charge < -0.3 is 9.73 Å². The lowest BCUT2D eigenvalue weighted by atomic mass is 9.97. The quantitative estimate of drug-likeness (QED) is 0.819. The van der Waals surface area contributed by atoms with Crippen molar-refractivity contribution >= 4 is 0 Å². The Morgan fingerprint density at radius 1 is 1.33 bits per heavy atom. The highest BCUT2D eigenvalue weighted by atomic mass is 16.4. The third kappa shape index (κ3) is 3.02. The van der Waals surface area contributed by atoms with Gasteiger partial charge in [0.05, 0.1) is 0 Å². The second kappa shape index (κ2) is 3.93. The molecular formula is C11H19N3O. The lowest BCUT2D eigenvalue weighted by Crippen LogP contribution is -2.19. The van der Waals surface area contributed by atoms with E-state index in [-0.39, 0.29) is 5.41 Å². The fourth-order valence-corrected chi connectivity index (χ4v) is 1.33. The Morgan fingerprint density at radius 3 is 2.60 bits per heavy atom. The van der Waals surface area contributed by atoms with Crippen LogP contribution in [0, 0.1) is 0 Å². The maximum absolute atomic E-state index is 5.59. The maximum atomic E-state index is 5.59. The van der Waals surface area contributed by atoms with Crippen molar-refractivity contribution in [2.24, 2.45) is 0 Å². The van der Waals surface area contributed by atoms with Crippen LogP contribution in [-0.4, -0.2) is 22.8 Å². The van der Waals surface area contributed by atoms with Crippen LogP contribution >= 0.6 is 0 Å². The van der Waals surface area contributed by atoms with Crippen molar-refractivity contribution in [3.05, 3.63) is 11.8 Å². The van der Waals surface area contributed by atoms with E-state index in [2.05, 4.69) is 36.3 Å². The molecule has 0 spiro atoms. The van der Waals surface area contributed by atoms with E-state index in [0.29, 0.717) is 0 Å². The van der Waals surface area contributed by atoms with Crippen molar-refractivity contribution in [2.75, 3.05) is 6.54 Å². The third-order valence-corrected chi connectivity index (χ3v) is 2.46. The molecule has 2 rings (SSSR count). The van der Waals surface area contributed by atoms with E-state index < -0.39 is 0 Å². The molecule has 0 radical (unpaired) electrons. The molecule has 0 aromatic carbocycles. The van der Waals surface area contributed by atoms with Crippen molar-refractivity contribution in [1.29, 1.82) is 0 Å². The highest BCUT2D eigenvalue weighted by Gasteiger charge is 2.22. The summed E-state index contributed by atoms with van der Waals surface area (Å²) in [4.78, 5) is 0. The van der Waals surface area contributed by atoms with Crippen molar-refractivity contribution < 1.29 is 4.42 Å². The number of rotatable bonds is 4. The van der Waals surface area contributed by atoms with E-state index in [9.17, 15) is 0 Å². The molecule has 4 heteroatoms. The molecule has 1 aromatic heterocycles. The van der Waals surface area contributed by atoms with Gasteiger partial charge in [-0.05, 0) is 12.8 Å². The fraction of sp³-hybridized carbons (Fsp3) is 0.818. The molecule has 84 valence electrons. The summed E-state index contributed by atoms with van der Waals surface area (Å²) in [7, 11) is 0. The summed E-state index contributed by atoms with van der Waals surface area (Å²) in [6.45, 7) is 7.17. The van der Waals surface area contributed by atoms with E-state index >= 15 is 0 Å². The number of hydrogen-bond acceptors (Lipinski definition) is 4. The summed E-state index contributed by atoms with van der Waals surface area (Å²) in [6.07, 6.45) is 3.47. The smallest absolute Gasteiger partial charge is 0.221 e. The first-order valence-electron chi connectivity index (χ1n) is 5.62. The summed E-state index contributed by atoms with van der Waals surface area (Å²) in [5, 5.41) is 11.5. The van der Waals surface area contributed by atoms with Crippen LogP contribution < -0.4 is 5.32 Å². The average molecular weight is 209 g/mol. The van der Waals surface area contributed by atoms with Gasteiger partial charge in [-0.25, -0.2) is 0 Å². The minimum Gasteiger partial charge on any atom is -0.425 e. The Labute approximate surface area is 90.5 Å². The van der Waals surface area contributed by atoms with E-state index in [1.54, 1.807) is 0 Å². The Bertz CT molecular complexity index is 323. The molecule has 0 amide bonds. The number of nitrogens with one attached hydrogen (secondary N) is 1. The highest BCUT2D eigenvalue weighted by molar-refractivity contribution is 4.96. The Hall–Kier alpha value is -0.900. The van der Waals surface area contributed by atoms with Gasteiger partial charge >= 0.3 is 0 Å².